The minimum Gasteiger partial charge on any atom is -0.369 e. The van der Waals surface area contributed by atoms with Crippen molar-refractivity contribution in [3.63, 3.8) is 0 Å². The number of anilines is 1. The van der Waals surface area contributed by atoms with E-state index >= 15 is 0 Å². The van der Waals surface area contributed by atoms with Crippen LogP contribution in [-0.2, 0) is 0 Å². The van der Waals surface area contributed by atoms with Crippen LogP contribution in [0.5, 0.6) is 0 Å². The second-order valence-corrected chi connectivity index (χ2v) is 5.97. The molecule has 0 amide bonds. The van der Waals surface area contributed by atoms with Crippen molar-refractivity contribution in [2.24, 2.45) is 11.7 Å². The largest absolute Gasteiger partial charge is 0.369 e. The van der Waals surface area contributed by atoms with E-state index in [1.165, 1.54) is 6.07 Å². The van der Waals surface area contributed by atoms with Crippen LogP contribution in [0.3, 0.4) is 0 Å². The van der Waals surface area contributed by atoms with Gasteiger partial charge in [-0.3, -0.25) is 15.5 Å². The molecule has 0 aliphatic carbocycles. The van der Waals surface area contributed by atoms with Crippen molar-refractivity contribution in [2.45, 2.75) is 25.0 Å². The second kappa shape index (κ2) is 7.57. The van der Waals surface area contributed by atoms with Crippen LogP contribution >= 0.6 is 11.6 Å². The Morgan fingerprint density at radius 3 is 2.91 bits per heavy atom. The number of nitro benzene ring substituents is 1. The molecule has 3 atom stereocenters. The number of hydrazine groups is 1. The van der Waals surface area contributed by atoms with Crippen LogP contribution in [0.2, 0.25) is 5.02 Å². The molecule has 1 aromatic carbocycles. The zero-order valence-electron chi connectivity index (χ0n) is 12.7. The zero-order valence-corrected chi connectivity index (χ0v) is 13.5. The molecule has 23 heavy (non-hydrogen) atoms. The third-order valence-corrected chi connectivity index (χ3v) is 4.19. The van der Waals surface area contributed by atoms with Gasteiger partial charge in [-0.2, -0.15) is 5.26 Å². The van der Waals surface area contributed by atoms with Crippen LogP contribution in [0, 0.1) is 27.4 Å². The number of nitriles is 1. The maximum atomic E-state index is 11.1. The number of nitro groups is 1. The van der Waals surface area contributed by atoms with E-state index in [1.807, 2.05) is 4.90 Å². The lowest BCUT2D eigenvalue weighted by atomic mass is 9.97. The van der Waals surface area contributed by atoms with Gasteiger partial charge in [0.15, 0.2) is 0 Å². The van der Waals surface area contributed by atoms with Crippen LogP contribution in [-0.4, -0.2) is 30.7 Å². The molecule has 0 saturated carbocycles. The van der Waals surface area contributed by atoms with E-state index in [0.29, 0.717) is 17.3 Å². The van der Waals surface area contributed by atoms with E-state index in [0.717, 1.165) is 12.8 Å². The van der Waals surface area contributed by atoms with Gasteiger partial charge < -0.3 is 10.6 Å². The Morgan fingerprint density at radius 2 is 2.26 bits per heavy atom. The molecule has 0 bridgehead atoms. The zero-order chi connectivity index (χ0) is 17.0. The third-order valence-electron chi connectivity index (χ3n) is 3.96. The van der Waals surface area contributed by atoms with E-state index in [2.05, 4.69) is 16.9 Å². The van der Waals surface area contributed by atoms with Gasteiger partial charge in [0.2, 0.25) is 0 Å². The first-order chi connectivity index (χ1) is 10.9. The highest BCUT2D eigenvalue weighted by Gasteiger charge is 2.33. The van der Waals surface area contributed by atoms with E-state index < -0.39 is 4.92 Å². The molecule has 124 valence electrons. The molecular weight excluding hydrogens is 320 g/mol. The van der Waals surface area contributed by atoms with Crippen molar-refractivity contribution in [2.75, 3.05) is 18.5 Å². The number of rotatable bonds is 6. The quantitative estimate of drug-likeness (QED) is 0.529. The van der Waals surface area contributed by atoms with Gasteiger partial charge in [-0.05, 0) is 25.0 Å². The Kier molecular flexibility index (Phi) is 5.74. The summed E-state index contributed by atoms with van der Waals surface area (Å²) in [5.41, 5.74) is 12.2. The molecule has 3 unspecified atom stereocenters. The maximum Gasteiger partial charge on any atom is 0.294 e. The SMILES string of the molecule is CN(CCCC1NNC(N)C1C#N)c1ccc(Cl)cc1[N+](=O)[O-]. The van der Waals surface area contributed by atoms with Crippen LogP contribution in [0.1, 0.15) is 12.8 Å². The predicted octanol–water partition coefficient (Wildman–Crippen LogP) is 1.37. The molecule has 9 heteroatoms. The van der Waals surface area contributed by atoms with Gasteiger partial charge >= 0.3 is 0 Å². The summed E-state index contributed by atoms with van der Waals surface area (Å²) < 4.78 is 0. The summed E-state index contributed by atoms with van der Waals surface area (Å²) in [6, 6.07) is 6.79. The lowest BCUT2D eigenvalue weighted by molar-refractivity contribution is -0.384. The maximum absolute atomic E-state index is 11.1. The number of halogens is 1. The molecule has 1 aliphatic heterocycles. The van der Waals surface area contributed by atoms with Crippen LogP contribution < -0.4 is 21.5 Å². The summed E-state index contributed by atoms with van der Waals surface area (Å²) in [6.45, 7) is 0.619. The first kappa shape index (κ1) is 17.4. The van der Waals surface area contributed by atoms with Crippen LogP contribution in [0.15, 0.2) is 18.2 Å². The van der Waals surface area contributed by atoms with Crippen molar-refractivity contribution in [3.8, 4) is 6.07 Å². The second-order valence-electron chi connectivity index (χ2n) is 5.53. The van der Waals surface area contributed by atoms with Crippen molar-refractivity contribution >= 4 is 23.0 Å². The molecule has 1 fully saturated rings. The van der Waals surface area contributed by atoms with Crippen molar-refractivity contribution in [1.82, 2.24) is 10.9 Å². The fourth-order valence-electron chi connectivity index (χ4n) is 2.69. The topological polar surface area (TPSA) is 120 Å². The van der Waals surface area contributed by atoms with Crippen molar-refractivity contribution < 1.29 is 4.92 Å². The summed E-state index contributed by atoms with van der Waals surface area (Å²) >= 11 is 5.82. The monoisotopic (exact) mass is 338 g/mol. The Labute approximate surface area is 139 Å². The minimum atomic E-state index is -0.440. The molecule has 1 saturated heterocycles. The smallest absolute Gasteiger partial charge is 0.294 e. The van der Waals surface area contributed by atoms with Gasteiger partial charge in [-0.15, -0.1) is 0 Å². The Morgan fingerprint density at radius 1 is 1.52 bits per heavy atom. The standard InChI is InChI=1S/C14H19ClN6O2/c1-20(12-5-4-9(15)7-13(12)21(22)23)6-2-3-11-10(8-16)14(17)19-18-11/h4-5,7,10-11,14,18-19H,2-3,6,17H2,1H3. The molecular formula is C14H19ClN6O2. The van der Waals surface area contributed by atoms with E-state index in [-0.39, 0.29) is 23.8 Å². The third kappa shape index (κ3) is 4.09. The Hall–Kier alpha value is -1.92. The molecule has 4 N–H and O–H groups in total. The van der Waals surface area contributed by atoms with E-state index in [4.69, 9.17) is 22.6 Å². The molecule has 8 nitrogen and oxygen atoms in total. The number of nitrogens with one attached hydrogen (secondary N) is 2. The summed E-state index contributed by atoms with van der Waals surface area (Å²) in [5.74, 6) is -0.287. The molecule has 1 heterocycles. The van der Waals surface area contributed by atoms with E-state index in [9.17, 15) is 10.1 Å². The lowest BCUT2D eigenvalue weighted by Crippen LogP contribution is -2.38. The molecule has 0 aromatic heterocycles. The molecule has 2 rings (SSSR count). The number of hydrogen-bond acceptors (Lipinski definition) is 7. The van der Waals surface area contributed by atoms with Gasteiger partial charge in [-0.25, -0.2) is 5.43 Å². The number of benzene rings is 1. The summed E-state index contributed by atoms with van der Waals surface area (Å²) in [4.78, 5) is 12.5. The average molecular weight is 339 g/mol. The summed E-state index contributed by atoms with van der Waals surface area (Å²) in [7, 11) is 1.80. The lowest BCUT2D eigenvalue weighted by Gasteiger charge is -2.21. The van der Waals surface area contributed by atoms with Crippen LogP contribution in [0.25, 0.3) is 0 Å². The van der Waals surface area contributed by atoms with Crippen LogP contribution in [0.4, 0.5) is 11.4 Å². The number of nitrogens with zero attached hydrogens (tertiary/aromatic N) is 3. The van der Waals surface area contributed by atoms with E-state index in [1.54, 1.807) is 19.2 Å². The molecule has 0 radical (unpaired) electrons. The summed E-state index contributed by atoms with van der Waals surface area (Å²) in [5, 5.41) is 20.6. The Bertz CT molecular complexity index is 620. The Balaban J connectivity index is 1.94. The first-order valence-electron chi connectivity index (χ1n) is 7.25. The average Bonchev–Trinajstić information content (AvgIpc) is 2.87. The number of nitrogens with two attached hydrogens (primary N) is 1. The molecule has 0 spiro atoms. The van der Waals surface area contributed by atoms with Gasteiger partial charge in [0, 0.05) is 30.7 Å². The van der Waals surface area contributed by atoms with Gasteiger partial charge in [-0.1, -0.05) is 11.6 Å². The highest BCUT2D eigenvalue weighted by Crippen LogP contribution is 2.30. The van der Waals surface area contributed by atoms with Crippen molar-refractivity contribution in [3.05, 3.63) is 33.3 Å². The van der Waals surface area contributed by atoms with Gasteiger partial charge in [0.25, 0.3) is 5.69 Å². The molecule has 1 aliphatic rings. The van der Waals surface area contributed by atoms with Crippen molar-refractivity contribution in [1.29, 1.82) is 5.26 Å². The first-order valence-corrected chi connectivity index (χ1v) is 7.63. The number of hydrogen-bond donors (Lipinski definition) is 3. The van der Waals surface area contributed by atoms with Gasteiger partial charge in [0.1, 0.15) is 5.69 Å². The van der Waals surface area contributed by atoms with Gasteiger partial charge in [0.05, 0.1) is 23.1 Å². The fourth-order valence-corrected chi connectivity index (χ4v) is 2.86. The predicted molar refractivity (Wildman–Crippen MR) is 87.7 cm³/mol. The highest BCUT2D eigenvalue weighted by molar-refractivity contribution is 6.30. The molecule has 1 aromatic rings. The summed E-state index contributed by atoms with van der Waals surface area (Å²) in [6.07, 6.45) is 1.13. The normalized spacial score (nSPS) is 23.5. The minimum absolute atomic E-state index is 0.0161. The fraction of sp³-hybridized carbons (Fsp3) is 0.500. The highest BCUT2D eigenvalue weighted by atomic mass is 35.5.